The lowest BCUT2D eigenvalue weighted by Crippen LogP contribution is -2.12. The third-order valence-electron chi connectivity index (χ3n) is 2.43. The second-order valence-corrected chi connectivity index (χ2v) is 5.14. The summed E-state index contributed by atoms with van der Waals surface area (Å²) in [4.78, 5) is 12.0. The third kappa shape index (κ3) is 3.24. The number of nitrogen functional groups attached to an aromatic ring is 1. The number of hydrogen-bond acceptors (Lipinski definition) is 2. The van der Waals surface area contributed by atoms with E-state index in [0.717, 1.165) is 10.5 Å². The van der Waals surface area contributed by atoms with Gasteiger partial charge in [-0.05, 0) is 36.4 Å². The van der Waals surface area contributed by atoms with Gasteiger partial charge < -0.3 is 11.1 Å². The van der Waals surface area contributed by atoms with Crippen molar-refractivity contribution in [1.29, 1.82) is 0 Å². The Balaban J connectivity index is 2.25. The standard InChI is InChI=1S/C13H9BrClFN2O/c14-7-1-3-10(15)9(5-7)13(19)18-8-2-4-12(17)11(16)6-8/h1-6H,17H2,(H,18,19). The molecule has 0 fully saturated rings. The van der Waals surface area contributed by atoms with E-state index in [0.29, 0.717) is 16.3 Å². The van der Waals surface area contributed by atoms with Crippen molar-refractivity contribution in [1.82, 2.24) is 0 Å². The SMILES string of the molecule is Nc1ccc(NC(=O)c2cc(Br)ccc2Cl)cc1F. The molecule has 2 rings (SSSR count). The smallest absolute Gasteiger partial charge is 0.257 e. The van der Waals surface area contributed by atoms with Gasteiger partial charge in [-0.15, -0.1) is 0 Å². The van der Waals surface area contributed by atoms with Crippen molar-refractivity contribution in [3.63, 3.8) is 0 Å². The van der Waals surface area contributed by atoms with Crippen molar-refractivity contribution < 1.29 is 9.18 Å². The highest BCUT2D eigenvalue weighted by atomic mass is 79.9. The number of hydrogen-bond donors (Lipinski definition) is 2. The average molecular weight is 344 g/mol. The molecule has 98 valence electrons. The summed E-state index contributed by atoms with van der Waals surface area (Å²) in [5, 5.41) is 2.87. The number of nitrogens with two attached hydrogens (primary N) is 1. The van der Waals surface area contributed by atoms with Gasteiger partial charge in [0.05, 0.1) is 16.3 Å². The van der Waals surface area contributed by atoms with Crippen molar-refractivity contribution >= 4 is 44.8 Å². The molecule has 0 heterocycles. The van der Waals surface area contributed by atoms with Gasteiger partial charge in [-0.2, -0.15) is 0 Å². The van der Waals surface area contributed by atoms with Gasteiger partial charge in [-0.25, -0.2) is 4.39 Å². The van der Waals surface area contributed by atoms with Crippen LogP contribution in [0.2, 0.25) is 5.02 Å². The van der Waals surface area contributed by atoms with Crippen LogP contribution in [0.3, 0.4) is 0 Å². The first-order valence-corrected chi connectivity index (χ1v) is 6.46. The molecule has 0 aliphatic heterocycles. The molecule has 0 atom stereocenters. The van der Waals surface area contributed by atoms with Crippen LogP contribution in [0.5, 0.6) is 0 Å². The second kappa shape index (κ2) is 5.59. The van der Waals surface area contributed by atoms with E-state index in [-0.39, 0.29) is 5.69 Å². The maximum absolute atomic E-state index is 13.3. The summed E-state index contributed by atoms with van der Waals surface area (Å²) in [5.41, 5.74) is 6.00. The molecule has 0 bridgehead atoms. The first-order valence-electron chi connectivity index (χ1n) is 5.29. The van der Waals surface area contributed by atoms with Gasteiger partial charge in [0.2, 0.25) is 0 Å². The van der Waals surface area contributed by atoms with Crippen molar-refractivity contribution in [2.24, 2.45) is 0 Å². The largest absolute Gasteiger partial charge is 0.396 e. The molecule has 0 saturated carbocycles. The predicted molar refractivity (Wildman–Crippen MR) is 77.9 cm³/mol. The molecule has 0 aromatic heterocycles. The molecular weight excluding hydrogens is 335 g/mol. The van der Waals surface area contributed by atoms with Crippen LogP contribution in [-0.4, -0.2) is 5.91 Å². The Hall–Kier alpha value is -1.59. The van der Waals surface area contributed by atoms with Gasteiger partial charge in [0.15, 0.2) is 0 Å². The number of carbonyl (C=O) groups excluding carboxylic acids is 1. The molecule has 3 nitrogen and oxygen atoms in total. The normalized spacial score (nSPS) is 10.3. The van der Waals surface area contributed by atoms with Crippen LogP contribution >= 0.6 is 27.5 Å². The Bertz CT molecular complexity index is 649. The van der Waals surface area contributed by atoms with Crippen LogP contribution in [0.1, 0.15) is 10.4 Å². The zero-order valence-corrected chi connectivity index (χ0v) is 11.9. The van der Waals surface area contributed by atoms with E-state index >= 15 is 0 Å². The summed E-state index contributed by atoms with van der Waals surface area (Å²) in [5.74, 6) is -1.01. The first-order chi connectivity index (χ1) is 8.97. The van der Waals surface area contributed by atoms with Crippen molar-refractivity contribution in [2.75, 3.05) is 11.1 Å². The third-order valence-corrected chi connectivity index (χ3v) is 3.25. The summed E-state index contributed by atoms with van der Waals surface area (Å²) in [6.45, 7) is 0. The van der Waals surface area contributed by atoms with E-state index in [4.69, 9.17) is 17.3 Å². The number of rotatable bonds is 2. The molecule has 2 aromatic rings. The zero-order chi connectivity index (χ0) is 14.0. The van der Waals surface area contributed by atoms with Gasteiger partial charge in [0.1, 0.15) is 5.82 Å². The fourth-order valence-electron chi connectivity index (χ4n) is 1.47. The minimum Gasteiger partial charge on any atom is -0.396 e. The van der Waals surface area contributed by atoms with Crippen LogP contribution in [0.25, 0.3) is 0 Å². The second-order valence-electron chi connectivity index (χ2n) is 3.81. The Morgan fingerprint density at radius 2 is 2.00 bits per heavy atom. The number of benzene rings is 2. The summed E-state index contributed by atoms with van der Waals surface area (Å²) < 4.78 is 14.0. The Morgan fingerprint density at radius 3 is 2.68 bits per heavy atom. The molecule has 19 heavy (non-hydrogen) atoms. The minimum absolute atomic E-state index is 0.0264. The van der Waals surface area contributed by atoms with Crippen LogP contribution in [0.4, 0.5) is 15.8 Å². The Labute approximate surface area is 122 Å². The maximum Gasteiger partial charge on any atom is 0.257 e. The molecule has 0 saturated heterocycles. The topological polar surface area (TPSA) is 55.1 Å². The highest BCUT2D eigenvalue weighted by Crippen LogP contribution is 2.23. The van der Waals surface area contributed by atoms with E-state index < -0.39 is 11.7 Å². The van der Waals surface area contributed by atoms with Gasteiger partial charge in [-0.1, -0.05) is 27.5 Å². The van der Waals surface area contributed by atoms with E-state index in [1.54, 1.807) is 18.2 Å². The monoisotopic (exact) mass is 342 g/mol. The van der Waals surface area contributed by atoms with Crippen LogP contribution in [-0.2, 0) is 0 Å². The lowest BCUT2D eigenvalue weighted by atomic mass is 10.2. The number of amides is 1. The molecule has 0 aliphatic carbocycles. The average Bonchev–Trinajstić information content (AvgIpc) is 2.36. The summed E-state index contributed by atoms with van der Waals surface area (Å²) in [6, 6.07) is 8.96. The summed E-state index contributed by atoms with van der Waals surface area (Å²) in [7, 11) is 0. The highest BCUT2D eigenvalue weighted by Gasteiger charge is 2.11. The summed E-state index contributed by atoms with van der Waals surface area (Å²) in [6.07, 6.45) is 0. The van der Waals surface area contributed by atoms with Gasteiger partial charge in [-0.3, -0.25) is 4.79 Å². The fourth-order valence-corrected chi connectivity index (χ4v) is 2.04. The van der Waals surface area contributed by atoms with Crippen LogP contribution in [0, 0.1) is 5.82 Å². The van der Waals surface area contributed by atoms with Crippen molar-refractivity contribution in [3.05, 3.63) is 57.3 Å². The van der Waals surface area contributed by atoms with Gasteiger partial charge in [0, 0.05) is 10.2 Å². The van der Waals surface area contributed by atoms with Crippen LogP contribution in [0.15, 0.2) is 40.9 Å². The van der Waals surface area contributed by atoms with Gasteiger partial charge >= 0.3 is 0 Å². The molecule has 6 heteroatoms. The Morgan fingerprint density at radius 1 is 1.26 bits per heavy atom. The highest BCUT2D eigenvalue weighted by molar-refractivity contribution is 9.10. The summed E-state index contributed by atoms with van der Waals surface area (Å²) >= 11 is 9.19. The molecule has 0 unspecified atom stereocenters. The lowest BCUT2D eigenvalue weighted by molar-refractivity contribution is 0.102. The molecular formula is C13H9BrClFN2O. The molecule has 2 aromatic carbocycles. The van der Waals surface area contributed by atoms with E-state index in [1.807, 2.05) is 0 Å². The predicted octanol–water partition coefficient (Wildman–Crippen LogP) is 4.08. The number of halogens is 3. The first kappa shape index (κ1) is 13.8. The molecule has 0 aliphatic rings. The van der Waals surface area contributed by atoms with E-state index in [9.17, 15) is 9.18 Å². The minimum atomic E-state index is -0.585. The molecule has 0 spiro atoms. The van der Waals surface area contributed by atoms with E-state index in [2.05, 4.69) is 21.2 Å². The number of nitrogens with one attached hydrogen (secondary N) is 1. The zero-order valence-electron chi connectivity index (χ0n) is 9.58. The maximum atomic E-state index is 13.3. The van der Waals surface area contributed by atoms with Crippen LogP contribution < -0.4 is 11.1 Å². The van der Waals surface area contributed by atoms with Crippen molar-refractivity contribution in [3.8, 4) is 0 Å². The molecule has 0 radical (unpaired) electrons. The van der Waals surface area contributed by atoms with Crippen molar-refractivity contribution in [2.45, 2.75) is 0 Å². The van der Waals surface area contributed by atoms with E-state index in [1.165, 1.54) is 12.1 Å². The lowest BCUT2D eigenvalue weighted by Gasteiger charge is -2.08. The quantitative estimate of drug-likeness (QED) is 0.807. The number of anilines is 2. The van der Waals surface area contributed by atoms with Gasteiger partial charge in [0.25, 0.3) is 5.91 Å². The molecule has 3 N–H and O–H groups in total. The molecule has 1 amide bonds. The fraction of sp³-hybridized carbons (Fsp3) is 0. The Kier molecular flexibility index (Phi) is 4.07. The number of carbonyl (C=O) groups is 1.